The van der Waals surface area contributed by atoms with Gasteiger partial charge >= 0.3 is 26.0 Å². The minimum atomic E-state index is -4.72. The zero-order valence-electron chi connectivity index (χ0n) is 21.5. The SMILES string of the molecule is CCOC(=O)OC(OP(=O)(N=C(N)N(C)C(CC)C(=O)O)OC(OC(=O)OCC)C(C)C)C(C)C. The van der Waals surface area contributed by atoms with E-state index in [1.54, 1.807) is 48.5 Å². The van der Waals surface area contributed by atoms with Crippen molar-refractivity contribution in [3.8, 4) is 0 Å². The summed E-state index contributed by atoms with van der Waals surface area (Å²) in [4.78, 5) is 36.3. The number of carboxylic acids is 1. The molecule has 3 atom stereocenters. The van der Waals surface area contributed by atoms with E-state index >= 15 is 0 Å². The maximum atomic E-state index is 13.8. The van der Waals surface area contributed by atoms with Crippen LogP contribution >= 0.6 is 7.75 Å². The summed E-state index contributed by atoms with van der Waals surface area (Å²) in [5.74, 6) is -2.81. The number of nitrogens with zero attached hydrogens (tertiary/aromatic N) is 2. The number of nitrogens with two attached hydrogens (primary N) is 1. The van der Waals surface area contributed by atoms with Crippen molar-refractivity contribution in [3.05, 3.63) is 0 Å². The van der Waals surface area contributed by atoms with Gasteiger partial charge in [-0.15, -0.1) is 4.76 Å². The lowest BCUT2D eigenvalue weighted by atomic mass is 10.2. The van der Waals surface area contributed by atoms with Crippen LogP contribution in [0.25, 0.3) is 0 Å². The second-order valence-electron chi connectivity index (χ2n) is 7.84. The number of guanidine groups is 1. The zero-order chi connectivity index (χ0) is 27.3. The number of aliphatic carboxylic acids is 1. The van der Waals surface area contributed by atoms with E-state index in [9.17, 15) is 24.1 Å². The van der Waals surface area contributed by atoms with Crippen LogP contribution in [0.15, 0.2) is 4.76 Å². The highest BCUT2D eigenvalue weighted by molar-refractivity contribution is 7.52. The van der Waals surface area contributed by atoms with Gasteiger partial charge < -0.3 is 34.7 Å². The summed E-state index contributed by atoms with van der Waals surface area (Å²) < 4.78 is 48.1. The third-order valence-electron chi connectivity index (χ3n) is 4.24. The van der Waals surface area contributed by atoms with Crippen molar-refractivity contribution in [2.24, 2.45) is 22.3 Å². The summed E-state index contributed by atoms with van der Waals surface area (Å²) in [7, 11) is -3.39. The Hall–Kier alpha value is -2.57. The Morgan fingerprint density at radius 2 is 1.31 bits per heavy atom. The number of hydrogen-bond acceptors (Lipinski definition) is 10. The summed E-state index contributed by atoms with van der Waals surface area (Å²) in [5, 5.41) is 9.40. The normalized spacial score (nSPS) is 16.1. The molecule has 15 heteroatoms. The van der Waals surface area contributed by atoms with E-state index in [4.69, 9.17) is 33.7 Å². The molecule has 204 valence electrons. The molecular weight excluding hydrogens is 489 g/mol. The van der Waals surface area contributed by atoms with Crippen molar-refractivity contribution >= 4 is 32.0 Å². The van der Waals surface area contributed by atoms with Gasteiger partial charge in [-0.05, 0) is 20.3 Å². The quantitative estimate of drug-likeness (QED) is 0.110. The molecule has 0 aromatic carbocycles. The van der Waals surface area contributed by atoms with Crippen molar-refractivity contribution in [1.29, 1.82) is 0 Å². The maximum Gasteiger partial charge on any atom is 0.510 e. The molecule has 0 saturated heterocycles. The summed E-state index contributed by atoms with van der Waals surface area (Å²) >= 11 is 0. The fourth-order valence-corrected chi connectivity index (χ4v) is 3.99. The smallest absolute Gasteiger partial charge is 0.480 e. The Kier molecular flexibility index (Phi) is 14.3. The van der Waals surface area contributed by atoms with Crippen LogP contribution in [-0.2, 0) is 37.4 Å². The van der Waals surface area contributed by atoms with Gasteiger partial charge in [-0.25, -0.2) is 28.0 Å². The molecule has 0 aromatic rings. The van der Waals surface area contributed by atoms with Crippen molar-refractivity contribution in [2.45, 2.75) is 73.5 Å². The van der Waals surface area contributed by atoms with Crippen LogP contribution in [0.2, 0.25) is 0 Å². The lowest BCUT2D eigenvalue weighted by Crippen LogP contribution is -2.45. The van der Waals surface area contributed by atoms with E-state index in [1.807, 2.05) is 0 Å². The van der Waals surface area contributed by atoms with Gasteiger partial charge in [0.1, 0.15) is 6.04 Å². The Morgan fingerprint density at radius 1 is 0.914 bits per heavy atom. The molecule has 0 rings (SSSR count). The largest absolute Gasteiger partial charge is 0.510 e. The van der Waals surface area contributed by atoms with Crippen LogP contribution in [0, 0.1) is 11.8 Å². The number of ether oxygens (including phenoxy) is 4. The molecule has 14 nitrogen and oxygen atoms in total. The molecule has 0 aliphatic heterocycles. The monoisotopic (exact) mass is 527 g/mol. The minimum absolute atomic E-state index is 0.0180. The van der Waals surface area contributed by atoms with Crippen LogP contribution in [0.4, 0.5) is 9.59 Å². The van der Waals surface area contributed by atoms with Crippen LogP contribution in [-0.4, -0.2) is 73.1 Å². The van der Waals surface area contributed by atoms with Gasteiger partial charge in [-0.3, -0.25) is 0 Å². The van der Waals surface area contributed by atoms with Gasteiger partial charge in [-0.1, -0.05) is 34.6 Å². The highest BCUT2D eigenvalue weighted by atomic mass is 31.2. The third kappa shape index (κ3) is 11.6. The molecule has 0 heterocycles. The minimum Gasteiger partial charge on any atom is -0.480 e. The summed E-state index contributed by atoms with van der Waals surface area (Å²) in [5.41, 5.74) is 5.93. The molecule has 0 aromatic heterocycles. The molecule has 0 aliphatic rings. The molecule has 0 spiro atoms. The fraction of sp³-hybridized carbons (Fsp3) is 0.800. The number of likely N-dealkylation sites (N-methyl/N-ethyl adjacent to an activating group) is 1. The Bertz CT molecular complexity index is 737. The first-order valence-corrected chi connectivity index (χ1v) is 12.7. The molecule has 3 N–H and O–H groups in total. The van der Waals surface area contributed by atoms with E-state index in [1.165, 1.54) is 7.05 Å². The standard InChI is InChI=1S/C20H38N3O11P/c1-9-14(15(24)25)23(8)18(21)22-35(28,33-16(12(4)5)31-19(26)29-10-2)34-17(13(6)7)32-20(27)30-11-3/h12-14,16-17H,9-11H2,1-8H3,(H,24,25)(H2,21,22,28). The van der Waals surface area contributed by atoms with Crippen molar-refractivity contribution in [3.63, 3.8) is 0 Å². The number of carbonyl (C=O) groups is 3. The predicted octanol–water partition coefficient (Wildman–Crippen LogP) is 3.55. The number of carbonyl (C=O) groups excluding carboxylic acids is 2. The lowest BCUT2D eigenvalue weighted by Gasteiger charge is -2.29. The Morgan fingerprint density at radius 3 is 1.60 bits per heavy atom. The van der Waals surface area contributed by atoms with Crippen LogP contribution < -0.4 is 5.73 Å². The second kappa shape index (κ2) is 15.4. The summed E-state index contributed by atoms with van der Waals surface area (Å²) in [6.45, 7) is 11.2. The number of hydrogen-bond donors (Lipinski definition) is 2. The topological polar surface area (TPSA) is 186 Å². The molecule has 0 amide bonds. The summed E-state index contributed by atoms with van der Waals surface area (Å²) in [6.07, 6.45) is -4.98. The highest BCUT2D eigenvalue weighted by Gasteiger charge is 2.39. The highest BCUT2D eigenvalue weighted by Crippen LogP contribution is 2.54. The van der Waals surface area contributed by atoms with Gasteiger partial charge in [0.25, 0.3) is 0 Å². The summed E-state index contributed by atoms with van der Waals surface area (Å²) in [6, 6.07) is -1.10. The first-order valence-electron chi connectivity index (χ1n) is 11.2. The average Bonchev–Trinajstić information content (AvgIpc) is 2.73. The van der Waals surface area contributed by atoms with Gasteiger partial charge in [-0.2, -0.15) is 0 Å². The maximum absolute atomic E-state index is 13.8. The van der Waals surface area contributed by atoms with Crippen molar-refractivity contribution < 1.29 is 52.1 Å². The fourth-order valence-electron chi connectivity index (χ4n) is 2.36. The molecule has 35 heavy (non-hydrogen) atoms. The zero-order valence-corrected chi connectivity index (χ0v) is 22.4. The van der Waals surface area contributed by atoms with E-state index in [-0.39, 0.29) is 19.6 Å². The third-order valence-corrected chi connectivity index (χ3v) is 5.64. The predicted molar refractivity (Wildman–Crippen MR) is 124 cm³/mol. The molecule has 0 saturated carbocycles. The molecule has 0 bridgehead atoms. The molecule has 0 fully saturated rings. The molecular formula is C20H38N3O11P. The molecule has 0 radical (unpaired) electrons. The first-order chi connectivity index (χ1) is 16.2. The lowest BCUT2D eigenvalue weighted by molar-refractivity contribution is -0.141. The van der Waals surface area contributed by atoms with Crippen molar-refractivity contribution in [2.75, 3.05) is 20.3 Å². The van der Waals surface area contributed by atoms with E-state index in [0.29, 0.717) is 0 Å². The van der Waals surface area contributed by atoms with E-state index in [0.717, 1.165) is 4.90 Å². The van der Waals surface area contributed by atoms with E-state index < -0.39 is 62.4 Å². The van der Waals surface area contributed by atoms with Gasteiger partial charge in [0.2, 0.25) is 18.5 Å². The first kappa shape index (κ1) is 32.4. The van der Waals surface area contributed by atoms with Crippen molar-refractivity contribution in [1.82, 2.24) is 4.90 Å². The van der Waals surface area contributed by atoms with Gasteiger partial charge in [0.05, 0.1) is 13.2 Å². The van der Waals surface area contributed by atoms with Crippen LogP contribution in [0.3, 0.4) is 0 Å². The molecule has 0 aliphatic carbocycles. The van der Waals surface area contributed by atoms with Gasteiger partial charge in [0, 0.05) is 18.9 Å². The van der Waals surface area contributed by atoms with Crippen LogP contribution in [0.1, 0.15) is 54.9 Å². The van der Waals surface area contributed by atoms with Gasteiger partial charge in [0.15, 0.2) is 0 Å². The number of carboxylic acid groups (broad SMARTS) is 1. The van der Waals surface area contributed by atoms with Crippen LogP contribution in [0.5, 0.6) is 0 Å². The average molecular weight is 528 g/mol. The second-order valence-corrected chi connectivity index (χ2v) is 9.40. The molecule has 3 unspecified atom stereocenters. The number of rotatable bonds is 14. The van der Waals surface area contributed by atoms with E-state index in [2.05, 4.69) is 4.76 Å². The Labute approximate surface area is 205 Å². The Balaban J connectivity index is 6.30.